The van der Waals surface area contributed by atoms with Crippen LogP contribution in [-0.4, -0.2) is 19.5 Å². The third-order valence-corrected chi connectivity index (χ3v) is 2.73. The van der Waals surface area contributed by atoms with Gasteiger partial charge in [0.05, 0.1) is 25.2 Å². The lowest BCUT2D eigenvalue weighted by Crippen LogP contribution is -2.24. The zero-order valence-electron chi connectivity index (χ0n) is 7.03. The van der Waals surface area contributed by atoms with E-state index in [0.29, 0.717) is 19.1 Å². The number of hydrogen-bond donors (Lipinski definition) is 0. The van der Waals surface area contributed by atoms with E-state index in [-0.39, 0.29) is 12.2 Å². The number of hydrogen-bond acceptors (Lipinski definition) is 3. The topological polar surface area (TPSA) is 42.2 Å². The van der Waals surface area contributed by atoms with Crippen molar-refractivity contribution in [3.05, 3.63) is 0 Å². The largest absolute Gasteiger partial charge is 0.350 e. The average Bonchev–Trinajstić information content (AvgIpc) is 2.74. The molecule has 0 bridgehead atoms. The van der Waals surface area contributed by atoms with E-state index in [1.807, 2.05) is 0 Å². The van der Waals surface area contributed by atoms with E-state index >= 15 is 0 Å². The molecule has 0 unspecified atom stereocenters. The van der Waals surface area contributed by atoms with Crippen LogP contribution in [0.2, 0.25) is 0 Å². The van der Waals surface area contributed by atoms with Gasteiger partial charge >= 0.3 is 0 Å². The van der Waals surface area contributed by atoms with Gasteiger partial charge in [-0.25, -0.2) is 0 Å². The molecular weight excluding hydrogens is 154 g/mol. The summed E-state index contributed by atoms with van der Waals surface area (Å²) in [6.07, 6.45) is 3.16. The fourth-order valence-electron chi connectivity index (χ4n) is 2.10. The first kappa shape index (κ1) is 8.03. The highest BCUT2D eigenvalue weighted by Gasteiger charge is 2.36. The van der Waals surface area contributed by atoms with Crippen LogP contribution in [0.4, 0.5) is 0 Å². The van der Waals surface area contributed by atoms with Gasteiger partial charge in [0.1, 0.15) is 0 Å². The van der Waals surface area contributed by atoms with Crippen LogP contribution in [0.1, 0.15) is 19.3 Å². The highest BCUT2D eigenvalue weighted by atomic mass is 16.7. The number of rotatable bonds is 1. The normalized spacial score (nSPS) is 36.9. The summed E-state index contributed by atoms with van der Waals surface area (Å²) >= 11 is 0. The molecule has 0 aromatic heterocycles. The SMILES string of the molecule is N#C[C@H]1CCC[C@H]1C1OCCO1. The minimum absolute atomic E-state index is 0.0860. The molecule has 0 N–H and O–H groups in total. The lowest BCUT2D eigenvalue weighted by atomic mass is 9.97. The molecule has 2 rings (SSSR count). The molecule has 0 aromatic rings. The fourth-order valence-corrected chi connectivity index (χ4v) is 2.10. The van der Waals surface area contributed by atoms with Gasteiger partial charge in [-0.2, -0.15) is 5.26 Å². The maximum atomic E-state index is 8.84. The lowest BCUT2D eigenvalue weighted by Gasteiger charge is -2.18. The Morgan fingerprint density at radius 1 is 1.17 bits per heavy atom. The number of nitrogens with zero attached hydrogens (tertiary/aromatic N) is 1. The van der Waals surface area contributed by atoms with Crippen LogP contribution >= 0.6 is 0 Å². The molecule has 1 heterocycles. The Kier molecular flexibility index (Phi) is 2.29. The van der Waals surface area contributed by atoms with E-state index in [4.69, 9.17) is 14.7 Å². The van der Waals surface area contributed by atoms with Crippen LogP contribution < -0.4 is 0 Å². The average molecular weight is 167 g/mol. The van der Waals surface area contributed by atoms with Crippen LogP contribution in [0.15, 0.2) is 0 Å². The Balaban J connectivity index is 1.97. The summed E-state index contributed by atoms with van der Waals surface area (Å²) in [6.45, 7) is 1.39. The summed E-state index contributed by atoms with van der Waals surface area (Å²) in [5.74, 6) is 0.491. The zero-order chi connectivity index (χ0) is 8.39. The summed E-state index contributed by atoms with van der Waals surface area (Å²) in [4.78, 5) is 0. The van der Waals surface area contributed by atoms with Crippen LogP contribution in [-0.2, 0) is 9.47 Å². The van der Waals surface area contributed by atoms with Crippen molar-refractivity contribution in [1.82, 2.24) is 0 Å². The molecule has 0 amide bonds. The molecule has 2 fully saturated rings. The Morgan fingerprint density at radius 2 is 1.92 bits per heavy atom. The van der Waals surface area contributed by atoms with Gasteiger partial charge in [0, 0.05) is 5.92 Å². The number of ether oxygens (including phenoxy) is 2. The van der Waals surface area contributed by atoms with E-state index in [2.05, 4.69) is 6.07 Å². The molecule has 2 aliphatic rings. The monoisotopic (exact) mass is 167 g/mol. The molecule has 0 spiro atoms. The maximum absolute atomic E-state index is 8.84. The first-order valence-electron chi connectivity index (χ1n) is 4.54. The molecule has 0 radical (unpaired) electrons. The third kappa shape index (κ3) is 1.33. The van der Waals surface area contributed by atoms with Crippen LogP contribution in [0.3, 0.4) is 0 Å². The Morgan fingerprint density at radius 3 is 2.58 bits per heavy atom. The lowest BCUT2D eigenvalue weighted by molar-refractivity contribution is -0.0881. The van der Waals surface area contributed by atoms with Gasteiger partial charge in [0.15, 0.2) is 6.29 Å². The van der Waals surface area contributed by atoms with Gasteiger partial charge in [0.25, 0.3) is 0 Å². The van der Waals surface area contributed by atoms with Gasteiger partial charge in [-0.1, -0.05) is 6.42 Å². The molecule has 1 aliphatic carbocycles. The Hall–Kier alpha value is -0.590. The van der Waals surface area contributed by atoms with Crippen molar-refractivity contribution in [2.24, 2.45) is 11.8 Å². The Bertz CT molecular complexity index is 193. The Labute approximate surface area is 72.3 Å². The van der Waals surface area contributed by atoms with Crippen molar-refractivity contribution in [1.29, 1.82) is 5.26 Å². The van der Waals surface area contributed by atoms with E-state index in [1.165, 1.54) is 0 Å². The smallest absolute Gasteiger partial charge is 0.161 e. The second-order valence-corrected chi connectivity index (χ2v) is 3.44. The summed E-state index contributed by atoms with van der Waals surface area (Å²) in [6, 6.07) is 2.33. The first-order valence-corrected chi connectivity index (χ1v) is 4.54. The van der Waals surface area contributed by atoms with Crippen molar-refractivity contribution in [3.63, 3.8) is 0 Å². The molecule has 1 aliphatic heterocycles. The predicted octanol–water partition coefficient (Wildman–Crippen LogP) is 1.30. The fraction of sp³-hybridized carbons (Fsp3) is 0.889. The van der Waals surface area contributed by atoms with Crippen molar-refractivity contribution in [3.8, 4) is 6.07 Å². The molecule has 1 saturated heterocycles. The van der Waals surface area contributed by atoms with Gasteiger partial charge in [-0.05, 0) is 12.8 Å². The molecule has 1 saturated carbocycles. The molecule has 2 atom stereocenters. The van der Waals surface area contributed by atoms with Crippen molar-refractivity contribution in [2.75, 3.05) is 13.2 Å². The standard InChI is InChI=1S/C9H13NO2/c10-6-7-2-1-3-8(7)9-11-4-5-12-9/h7-9H,1-5H2/t7-,8-/m1/s1. The van der Waals surface area contributed by atoms with Crippen LogP contribution in [0, 0.1) is 23.2 Å². The highest BCUT2D eigenvalue weighted by Crippen LogP contribution is 2.36. The highest BCUT2D eigenvalue weighted by molar-refractivity contribution is 4.94. The molecule has 0 aromatic carbocycles. The molecule has 3 nitrogen and oxygen atoms in total. The van der Waals surface area contributed by atoms with Gasteiger partial charge in [0.2, 0.25) is 0 Å². The van der Waals surface area contributed by atoms with E-state index in [9.17, 15) is 0 Å². The first-order chi connectivity index (χ1) is 5.92. The van der Waals surface area contributed by atoms with E-state index in [0.717, 1.165) is 19.3 Å². The molecular formula is C9H13NO2. The summed E-state index contributed by atoms with van der Waals surface area (Å²) < 4.78 is 10.8. The summed E-state index contributed by atoms with van der Waals surface area (Å²) in [5.41, 5.74) is 0. The van der Waals surface area contributed by atoms with Crippen molar-refractivity contribution < 1.29 is 9.47 Å². The minimum Gasteiger partial charge on any atom is -0.350 e. The third-order valence-electron chi connectivity index (χ3n) is 2.73. The molecule has 66 valence electrons. The molecule has 12 heavy (non-hydrogen) atoms. The van der Waals surface area contributed by atoms with Gasteiger partial charge in [-0.15, -0.1) is 0 Å². The van der Waals surface area contributed by atoms with E-state index in [1.54, 1.807) is 0 Å². The quantitative estimate of drug-likeness (QED) is 0.591. The van der Waals surface area contributed by atoms with Crippen molar-refractivity contribution >= 4 is 0 Å². The minimum atomic E-state index is -0.0860. The van der Waals surface area contributed by atoms with Crippen LogP contribution in [0.5, 0.6) is 0 Å². The second kappa shape index (κ2) is 3.42. The predicted molar refractivity (Wildman–Crippen MR) is 42.1 cm³/mol. The van der Waals surface area contributed by atoms with Crippen molar-refractivity contribution in [2.45, 2.75) is 25.6 Å². The van der Waals surface area contributed by atoms with Gasteiger partial charge in [-0.3, -0.25) is 0 Å². The summed E-state index contributed by atoms with van der Waals surface area (Å²) in [5, 5.41) is 8.84. The molecule has 3 heteroatoms. The van der Waals surface area contributed by atoms with Gasteiger partial charge < -0.3 is 9.47 Å². The van der Waals surface area contributed by atoms with E-state index < -0.39 is 0 Å². The zero-order valence-corrected chi connectivity index (χ0v) is 7.03. The maximum Gasteiger partial charge on any atom is 0.161 e. The van der Waals surface area contributed by atoms with Crippen LogP contribution in [0.25, 0.3) is 0 Å². The summed E-state index contributed by atoms with van der Waals surface area (Å²) in [7, 11) is 0. The second-order valence-electron chi connectivity index (χ2n) is 3.44. The number of nitriles is 1.